The second-order valence-electron chi connectivity index (χ2n) is 7.98. The Labute approximate surface area is 161 Å². The summed E-state index contributed by atoms with van der Waals surface area (Å²) in [5, 5.41) is 0. The average molecular weight is 355 g/mol. The molecule has 0 heterocycles. The zero-order valence-corrected chi connectivity index (χ0v) is 18.5. The lowest BCUT2D eigenvalue weighted by molar-refractivity contribution is 0.103. The van der Waals surface area contributed by atoms with Gasteiger partial charge < -0.3 is 0 Å². The Morgan fingerprint density at radius 1 is 0.538 bits per heavy atom. The first-order valence-corrected chi connectivity index (χ1v) is 9.85. The van der Waals surface area contributed by atoms with Gasteiger partial charge in [-0.05, 0) is 22.0 Å². The summed E-state index contributed by atoms with van der Waals surface area (Å²) in [7, 11) is 0. The van der Waals surface area contributed by atoms with E-state index in [-0.39, 0.29) is 16.6 Å². The number of ketones is 1. The molecule has 26 heavy (non-hydrogen) atoms. The van der Waals surface area contributed by atoms with E-state index in [1.165, 1.54) is 11.1 Å². The molecular weight excluding hydrogens is 316 g/mol. The van der Waals surface area contributed by atoms with Crippen molar-refractivity contribution in [2.24, 2.45) is 0 Å². The van der Waals surface area contributed by atoms with Crippen LogP contribution in [0.25, 0.3) is 0 Å². The molecule has 2 rings (SSSR count). The summed E-state index contributed by atoms with van der Waals surface area (Å²) in [6.07, 6.45) is 0. The van der Waals surface area contributed by atoms with Gasteiger partial charge in [-0.2, -0.15) is 0 Å². The first kappa shape index (κ1) is 24.1. The molecule has 0 amide bonds. The molecule has 0 saturated heterocycles. The quantitative estimate of drug-likeness (QED) is 0.508. The zero-order chi connectivity index (χ0) is 20.5. The van der Waals surface area contributed by atoms with Crippen LogP contribution in [-0.4, -0.2) is 5.78 Å². The molecule has 2 aromatic rings. The van der Waals surface area contributed by atoms with Gasteiger partial charge in [0.25, 0.3) is 0 Å². The molecular formula is C25H38O. The lowest BCUT2D eigenvalue weighted by Gasteiger charge is -2.19. The molecule has 1 nitrogen and oxygen atoms in total. The molecule has 0 aliphatic carbocycles. The average Bonchev–Trinajstić information content (AvgIpc) is 2.63. The van der Waals surface area contributed by atoms with E-state index in [4.69, 9.17) is 0 Å². The van der Waals surface area contributed by atoms with Crippen molar-refractivity contribution < 1.29 is 4.79 Å². The van der Waals surface area contributed by atoms with Crippen LogP contribution in [0.15, 0.2) is 48.5 Å². The summed E-state index contributed by atoms with van der Waals surface area (Å²) in [5.41, 5.74) is 4.19. The van der Waals surface area contributed by atoms with Gasteiger partial charge >= 0.3 is 0 Å². The largest absolute Gasteiger partial charge is 0.289 e. The molecule has 0 radical (unpaired) electrons. The van der Waals surface area contributed by atoms with E-state index in [9.17, 15) is 4.79 Å². The maximum absolute atomic E-state index is 12.6. The summed E-state index contributed by atoms with van der Waals surface area (Å²) in [6, 6.07) is 15.9. The number of carbonyl (C=O) groups is 1. The van der Waals surface area contributed by atoms with Crippen LogP contribution in [0, 0.1) is 0 Å². The fraction of sp³-hybridized carbons (Fsp3) is 0.480. The monoisotopic (exact) mass is 354 g/mol. The second-order valence-corrected chi connectivity index (χ2v) is 7.98. The first-order chi connectivity index (χ1) is 12.1. The Morgan fingerprint density at radius 3 is 0.962 bits per heavy atom. The third-order valence-corrected chi connectivity index (χ3v) is 4.03. The molecule has 0 aromatic heterocycles. The molecule has 0 atom stereocenters. The maximum atomic E-state index is 12.6. The SMILES string of the molecule is CC.CC.CC(C)(C)c1ccc(C(=O)c2ccc(C(C)(C)C)cc2)cc1. The molecule has 0 N–H and O–H groups in total. The molecule has 0 saturated carbocycles. The Kier molecular flexibility index (Phi) is 9.56. The van der Waals surface area contributed by atoms with Crippen LogP contribution in [0.2, 0.25) is 0 Å². The Morgan fingerprint density at radius 2 is 0.769 bits per heavy atom. The van der Waals surface area contributed by atoms with Crippen molar-refractivity contribution in [1.82, 2.24) is 0 Å². The predicted octanol–water partition coefficient (Wildman–Crippen LogP) is 7.57. The van der Waals surface area contributed by atoms with Gasteiger partial charge in [0, 0.05) is 11.1 Å². The molecule has 2 aromatic carbocycles. The van der Waals surface area contributed by atoms with Crippen molar-refractivity contribution in [2.75, 3.05) is 0 Å². The summed E-state index contributed by atoms with van der Waals surface area (Å²) >= 11 is 0. The van der Waals surface area contributed by atoms with Crippen LogP contribution < -0.4 is 0 Å². The van der Waals surface area contributed by atoms with Crippen LogP contribution >= 0.6 is 0 Å². The molecule has 0 unspecified atom stereocenters. The molecule has 0 bridgehead atoms. The third kappa shape index (κ3) is 6.78. The standard InChI is InChI=1S/C21H26O.2C2H6/c1-20(2,3)17-11-7-15(8-12-17)19(22)16-9-13-18(14-10-16)21(4,5)6;2*1-2/h7-14H,1-6H3;2*1-2H3. The van der Waals surface area contributed by atoms with Gasteiger partial charge in [-0.15, -0.1) is 0 Å². The van der Waals surface area contributed by atoms with Crippen molar-refractivity contribution in [3.05, 3.63) is 70.8 Å². The van der Waals surface area contributed by atoms with E-state index in [0.29, 0.717) is 0 Å². The van der Waals surface area contributed by atoms with E-state index < -0.39 is 0 Å². The number of hydrogen-bond donors (Lipinski definition) is 0. The Balaban J connectivity index is 0.00000146. The van der Waals surface area contributed by atoms with Crippen LogP contribution in [0.3, 0.4) is 0 Å². The number of benzene rings is 2. The zero-order valence-electron chi connectivity index (χ0n) is 18.5. The van der Waals surface area contributed by atoms with Crippen LogP contribution in [0.1, 0.15) is 96.3 Å². The van der Waals surface area contributed by atoms with E-state index >= 15 is 0 Å². The number of carbonyl (C=O) groups excluding carboxylic acids is 1. The number of hydrogen-bond acceptors (Lipinski definition) is 1. The minimum Gasteiger partial charge on any atom is -0.289 e. The molecule has 0 spiro atoms. The lowest BCUT2D eigenvalue weighted by atomic mass is 9.85. The van der Waals surface area contributed by atoms with Crippen LogP contribution in [0.5, 0.6) is 0 Å². The highest BCUT2D eigenvalue weighted by molar-refractivity contribution is 6.09. The summed E-state index contributed by atoms with van der Waals surface area (Å²) < 4.78 is 0. The summed E-state index contributed by atoms with van der Waals surface area (Å²) in [5.74, 6) is 0.0842. The highest BCUT2D eigenvalue weighted by Gasteiger charge is 2.16. The number of rotatable bonds is 2. The van der Waals surface area contributed by atoms with E-state index in [0.717, 1.165) is 11.1 Å². The van der Waals surface area contributed by atoms with Gasteiger partial charge in [0.1, 0.15) is 0 Å². The van der Waals surface area contributed by atoms with Crippen molar-refractivity contribution >= 4 is 5.78 Å². The second kappa shape index (κ2) is 10.3. The first-order valence-electron chi connectivity index (χ1n) is 9.85. The van der Waals surface area contributed by atoms with E-state index in [2.05, 4.69) is 65.8 Å². The van der Waals surface area contributed by atoms with Crippen molar-refractivity contribution in [2.45, 2.75) is 80.1 Å². The fourth-order valence-corrected chi connectivity index (χ4v) is 2.41. The summed E-state index contributed by atoms with van der Waals surface area (Å²) in [4.78, 5) is 12.6. The third-order valence-electron chi connectivity index (χ3n) is 4.03. The van der Waals surface area contributed by atoms with Crippen molar-refractivity contribution in [1.29, 1.82) is 0 Å². The van der Waals surface area contributed by atoms with Gasteiger partial charge in [0.2, 0.25) is 0 Å². The van der Waals surface area contributed by atoms with Crippen LogP contribution in [0.4, 0.5) is 0 Å². The van der Waals surface area contributed by atoms with Gasteiger partial charge in [-0.3, -0.25) is 4.79 Å². The molecule has 1 heteroatoms. The Bertz CT molecular complexity index is 588. The fourth-order valence-electron chi connectivity index (χ4n) is 2.41. The maximum Gasteiger partial charge on any atom is 0.193 e. The van der Waals surface area contributed by atoms with Crippen molar-refractivity contribution in [3.8, 4) is 0 Å². The molecule has 0 aliphatic rings. The minimum absolute atomic E-state index is 0.0842. The van der Waals surface area contributed by atoms with Crippen molar-refractivity contribution in [3.63, 3.8) is 0 Å². The Hall–Kier alpha value is -1.89. The highest BCUT2D eigenvalue weighted by Crippen LogP contribution is 2.24. The predicted molar refractivity (Wildman–Crippen MR) is 116 cm³/mol. The summed E-state index contributed by atoms with van der Waals surface area (Å²) in [6.45, 7) is 21.1. The normalized spacial score (nSPS) is 10.8. The highest BCUT2D eigenvalue weighted by atomic mass is 16.1. The van der Waals surface area contributed by atoms with Gasteiger partial charge in [-0.1, -0.05) is 118 Å². The topological polar surface area (TPSA) is 17.1 Å². The van der Waals surface area contributed by atoms with Crippen LogP contribution in [-0.2, 0) is 10.8 Å². The van der Waals surface area contributed by atoms with Gasteiger partial charge in [-0.25, -0.2) is 0 Å². The molecule has 144 valence electrons. The van der Waals surface area contributed by atoms with Gasteiger partial charge in [0.05, 0.1) is 0 Å². The smallest absolute Gasteiger partial charge is 0.193 e. The lowest BCUT2D eigenvalue weighted by Crippen LogP contribution is -2.12. The minimum atomic E-state index is 0.0842. The molecule has 0 aliphatic heterocycles. The van der Waals surface area contributed by atoms with E-state index in [1.54, 1.807) is 0 Å². The molecule has 0 fully saturated rings. The van der Waals surface area contributed by atoms with E-state index in [1.807, 2.05) is 52.0 Å². The van der Waals surface area contributed by atoms with Gasteiger partial charge in [0.15, 0.2) is 5.78 Å².